The van der Waals surface area contributed by atoms with E-state index in [9.17, 15) is 18.0 Å². The number of likely N-dealkylation sites (N-methyl/N-ethyl adjacent to an activating group) is 1. The summed E-state index contributed by atoms with van der Waals surface area (Å²) in [5, 5.41) is 11.1. The Hall–Kier alpha value is -2.35. The Bertz CT molecular complexity index is 943. The zero-order chi connectivity index (χ0) is 20.9. The lowest BCUT2D eigenvalue weighted by molar-refractivity contribution is -0.131. The molecule has 0 aromatic heterocycles. The van der Waals surface area contributed by atoms with Crippen LogP contribution in [0, 0.1) is 11.2 Å². The molecule has 1 saturated heterocycles. The van der Waals surface area contributed by atoms with E-state index in [0.29, 0.717) is 11.1 Å². The molecule has 0 unspecified atom stereocenters. The number of hydrogen-bond donors (Lipinski definition) is 2. The zero-order valence-electron chi connectivity index (χ0n) is 15.5. The topological polar surface area (TPSA) is 56.2 Å². The summed E-state index contributed by atoms with van der Waals surface area (Å²) in [6.07, 6.45) is 0. The van der Waals surface area contributed by atoms with Gasteiger partial charge in [0.15, 0.2) is 5.96 Å². The molecule has 8 heteroatoms. The van der Waals surface area contributed by atoms with E-state index in [-0.39, 0.29) is 21.9 Å². The molecule has 2 N–H and O–H groups in total. The highest BCUT2D eigenvalue weighted by molar-refractivity contribution is 9.10. The van der Waals surface area contributed by atoms with E-state index in [4.69, 9.17) is 5.41 Å². The van der Waals surface area contributed by atoms with E-state index in [1.807, 2.05) is 0 Å². The smallest absolute Gasteiger partial charge is 0.270 e. The van der Waals surface area contributed by atoms with Crippen molar-refractivity contribution in [2.45, 2.75) is 31.2 Å². The molecule has 0 bridgehead atoms. The fourth-order valence-corrected chi connectivity index (χ4v) is 3.83. The van der Waals surface area contributed by atoms with Crippen molar-refractivity contribution in [2.24, 2.45) is 0 Å². The van der Waals surface area contributed by atoms with E-state index < -0.39 is 23.2 Å². The van der Waals surface area contributed by atoms with E-state index in [1.54, 1.807) is 19.1 Å². The molecule has 1 heterocycles. The van der Waals surface area contributed by atoms with Crippen LogP contribution in [0.15, 0.2) is 46.9 Å². The first-order valence-electron chi connectivity index (χ1n) is 8.53. The minimum Gasteiger partial charge on any atom is -0.346 e. The molecule has 2 atom stereocenters. The third-order valence-corrected chi connectivity index (χ3v) is 5.75. The van der Waals surface area contributed by atoms with E-state index in [2.05, 4.69) is 21.2 Å². The fraction of sp³-hybridized carbons (Fsp3) is 0.300. The van der Waals surface area contributed by atoms with Crippen LogP contribution in [0.5, 0.6) is 0 Å². The van der Waals surface area contributed by atoms with Crippen molar-refractivity contribution in [1.82, 2.24) is 10.2 Å². The van der Waals surface area contributed by atoms with Crippen LogP contribution in [0.2, 0.25) is 0 Å². The van der Waals surface area contributed by atoms with Crippen LogP contribution >= 0.6 is 15.9 Å². The van der Waals surface area contributed by atoms with Crippen molar-refractivity contribution in [2.75, 3.05) is 7.05 Å². The summed E-state index contributed by atoms with van der Waals surface area (Å²) in [6, 6.07) is 9.95. The van der Waals surface area contributed by atoms with Crippen LogP contribution in [-0.2, 0) is 16.3 Å². The lowest BCUT2D eigenvalue weighted by atomic mass is 9.73. The van der Waals surface area contributed by atoms with E-state index in [1.165, 1.54) is 42.3 Å². The lowest BCUT2D eigenvalue weighted by Crippen LogP contribution is -2.62. The van der Waals surface area contributed by atoms with Crippen molar-refractivity contribution in [3.63, 3.8) is 0 Å². The maximum absolute atomic E-state index is 13.7. The molecule has 2 aromatic carbocycles. The second kappa shape index (κ2) is 6.92. The monoisotopic (exact) mass is 453 g/mol. The first-order valence-corrected chi connectivity index (χ1v) is 9.32. The number of carbonyl (C=O) groups excluding carboxylic acids is 1. The summed E-state index contributed by atoms with van der Waals surface area (Å²) in [5.41, 5.74) is -0.123. The number of amides is 1. The van der Waals surface area contributed by atoms with Crippen LogP contribution in [0.1, 0.15) is 36.5 Å². The largest absolute Gasteiger partial charge is 0.346 e. The molecule has 0 spiro atoms. The summed E-state index contributed by atoms with van der Waals surface area (Å²) in [7, 11) is 1.47. The van der Waals surface area contributed by atoms with E-state index >= 15 is 0 Å². The molecule has 1 amide bonds. The van der Waals surface area contributed by atoms with Crippen molar-refractivity contribution in [1.29, 1.82) is 5.41 Å². The number of alkyl halides is 2. The molecule has 0 saturated carbocycles. The molecular weight excluding hydrogens is 435 g/mol. The number of halogens is 4. The maximum atomic E-state index is 13.7. The Labute approximate surface area is 169 Å². The Balaban J connectivity index is 2.14. The Morgan fingerprint density at radius 1 is 1.21 bits per heavy atom. The molecule has 0 aliphatic carbocycles. The van der Waals surface area contributed by atoms with Gasteiger partial charge in [-0.3, -0.25) is 15.1 Å². The summed E-state index contributed by atoms with van der Waals surface area (Å²) in [4.78, 5) is 14.2. The van der Waals surface area contributed by atoms with Crippen LogP contribution < -0.4 is 5.32 Å². The van der Waals surface area contributed by atoms with Crippen LogP contribution in [0.4, 0.5) is 13.2 Å². The van der Waals surface area contributed by atoms with Crippen molar-refractivity contribution < 1.29 is 18.0 Å². The number of nitrogens with zero attached hydrogens (tertiary/aromatic N) is 1. The lowest BCUT2D eigenvalue weighted by Gasteiger charge is -2.46. The van der Waals surface area contributed by atoms with Gasteiger partial charge in [-0.15, -0.1) is 0 Å². The van der Waals surface area contributed by atoms with Gasteiger partial charge in [0, 0.05) is 19.5 Å². The summed E-state index contributed by atoms with van der Waals surface area (Å²) in [5.74, 6) is -4.70. The van der Waals surface area contributed by atoms with Gasteiger partial charge in [-0.05, 0) is 46.1 Å². The maximum Gasteiger partial charge on any atom is 0.270 e. The highest BCUT2D eigenvalue weighted by Crippen LogP contribution is 2.42. The number of carbonyl (C=O) groups is 1. The highest BCUT2D eigenvalue weighted by atomic mass is 79.9. The zero-order valence-corrected chi connectivity index (χ0v) is 17.1. The molecule has 1 aliphatic rings. The van der Waals surface area contributed by atoms with Crippen LogP contribution in [-0.4, -0.2) is 23.8 Å². The molecule has 1 fully saturated rings. The predicted molar refractivity (Wildman–Crippen MR) is 104 cm³/mol. The van der Waals surface area contributed by atoms with Gasteiger partial charge >= 0.3 is 0 Å². The van der Waals surface area contributed by atoms with Gasteiger partial charge < -0.3 is 5.32 Å². The SMILES string of the molecule is CN1C(=N)N[C@](C)(c2ccc(F)c(Br)c2)[C@@H](c2ccc(C(C)(F)F)cc2)C1=O. The fourth-order valence-electron chi connectivity index (χ4n) is 3.45. The quantitative estimate of drug-likeness (QED) is 0.707. The first kappa shape index (κ1) is 20.4. The number of hydrogen-bond acceptors (Lipinski definition) is 2. The molecule has 28 heavy (non-hydrogen) atoms. The van der Waals surface area contributed by atoms with Crippen LogP contribution in [0.3, 0.4) is 0 Å². The number of rotatable bonds is 3. The second-order valence-electron chi connectivity index (χ2n) is 7.15. The molecule has 2 aromatic rings. The standard InChI is InChI=1S/C20H19BrF3N3O/c1-19(13-8-9-15(22)14(21)10-13)16(17(28)27(3)18(25)26-19)11-4-6-12(7-5-11)20(2,23)24/h4-10,16H,1-3H3,(H2,25,26)/t16-,19+/m0/s1. The number of nitrogens with one attached hydrogen (secondary N) is 2. The van der Waals surface area contributed by atoms with Gasteiger partial charge in [0.25, 0.3) is 5.92 Å². The number of guanidine groups is 1. The summed E-state index contributed by atoms with van der Waals surface area (Å²) < 4.78 is 41.1. The third kappa shape index (κ3) is 3.41. The molecule has 0 radical (unpaired) electrons. The van der Waals surface area contributed by atoms with Crippen molar-refractivity contribution in [3.05, 3.63) is 69.4 Å². The van der Waals surface area contributed by atoms with E-state index in [0.717, 1.165) is 6.92 Å². The van der Waals surface area contributed by atoms with Crippen molar-refractivity contribution in [3.8, 4) is 0 Å². The van der Waals surface area contributed by atoms with Gasteiger partial charge in [0.05, 0.1) is 15.9 Å². The number of benzene rings is 2. The van der Waals surface area contributed by atoms with Gasteiger partial charge in [-0.2, -0.15) is 0 Å². The third-order valence-electron chi connectivity index (χ3n) is 5.14. The average Bonchev–Trinajstić information content (AvgIpc) is 2.62. The Morgan fingerprint density at radius 2 is 1.82 bits per heavy atom. The molecule has 148 valence electrons. The van der Waals surface area contributed by atoms with Gasteiger partial charge in [-0.1, -0.05) is 30.3 Å². The Morgan fingerprint density at radius 3 is 2.36 bits per heavy atom. The molecular formula is C20H19BrF3N3O. The second-order valence-corrected chi connectivity index (χ2v) is 8.00. The minimum absolute atomic E-state index is 0.0964. The van der Waals surface area contributed by atoms with Crippen molar-refractivity contribution >= 4 is 27.8 Å². The molecule has 3 rings (SSSR count). The van der Waals surface area contributed by atoms with Gasteiger partial charge in [0.2, 0.25) is 5.91 Å². The van der Waals surface area contributed by atoms with Gasteiger partial charge in [0.1, 0.15) is 5.82 Å². The highest BCUT2D eigenvalue weighted by Gasteiger charge is 2.48. The van der Waals surface area contributed by atoms with Crippen LogP contribution in [0.25, 0.3) is 0 Å². The van der Waals surface area contributed by atoms with Gasteiger partial charge in [-0.25, -0.2) is 13.2 Å². The first-order chi connectivity index (χ1) is 12.9. The Kier molecular flexibility index (Phi) is 5.04. The normalized spacial score (nSPS) is 23.0. The summed E-state index contributed by atoms with van der Waals surface area (Å²) >= 11 is 3.15. The predicted octanol–water partition coefficient (Wildman–Crippen LogP) is 4.70. The summed E-state index contributed by atoms with van der Waals surface area (Å²) in [6.45, 7) is 2.55. The minimum atomic E-state index is -2.99. The molecule has 4 nitrogen and oxygen atoms in total. The average molecular weight is 454 g/mol. The molecule has 1 aliphatic heterocycles.